The van der Waals surface area contributed by atoms with Gasteiger partial charge in [0, 0.05) is 50.9 Å². The molecule has 3 rings (SSSR count). The molecule has 10 heteroatoms. The van der Waals surface area contributed by atoms with Crippen molar-refractivity contribution in [3.8, 4) is 11.5 Å². The largest absolute Gasteiger partial charge is 0.497 e. The molecule has 0 N–H and O–H groups in total. The van der Waals surface area contributed by atoms with Gasteiger partial charge in [0.25, 0.3) is 0 Å². The van der Waals surface area contributed by atoms with Crippen molar-refractivity contribution in [1.29, 1.82) is 0 Å². The van der Waals surface area contributed by atoms with Crippen LogP contribution in [0.5, 0.6) is 11.5 Å². The minimum atomic E-state index is -3.76. The Balaban J connectivity index is 1.58. The number of rotatable bonds is 6. The fraction of sp³-hybridized carbons (Fsp3) is 0.696. The number of hydrogen-bond donors (Lipinski definition) is 0. The third-order valence-corrected chi connectivity index (χ3v) is 8.40. The Hall–Kier alpha value is -1.88. The van der Waals surface area contributed by atoms with E-state index in [2.05, 4.69) is 30.6 Å². The lowest BCUT2D eigenvalue weighted by atomic mass is 10.1. The van der Waals surface area contributed by atoms with Crippen molar-refractivity contribution in [3.63, 3.8) is 0 Å². The standard InChI is InChI=1S/C23H38N4O5S/c1-23(2,3)26-10-6-9-24(11-14-26)18-22(28)25-12-15-27(16-13-25)33(29,30)21-17-19(31-4)7-8-20(21)32-5/h7-8,17H,6,9-16,18H2,1-5H3. The molecule has 0 spiro atoms. The van der Waals surface area contributed by atoms with Gasteiger partial charge in [0.1, 0.15) is 16.4 Å². The fourth-order valence-corrected chi connectivity index (χ4v) is 5.99. The van der Waals surface area contributed by atoms with Gasteiger partial charge in [-0.25, -0.2) is 8.42 Å². The molecule has 1 aromatic carbocycles. The Bertz CT molecular complexity index is 923. The maximum Gasteiger partial charge on any atom is 0.247 e. The van der Waals surface area contributed by atoms with Gasteiger partial charge < -0.3 is 14.4 Å². The second-order valence-electron chi connectivity index (χ2n) is 9.59. The van der Waals surface area contributed by atoms with E-state index in [-0.39, 0.29) is 35.2 Å². The Morgan fingerprint density at radius 3 is 2.24 bits per heavy atom. The molecule has 2 heterocycles. The second kappa shape index (κ2) is 10.6. The van der Waals surface area contributed by atoms with Crippen molar-refractivity contribution in [2.45, 2.75) is 37.6 Å². The number of methoxy groups -OCH3 is 2. The molecule has 2 fully saturated rings. The topological polar surface area (TPSA) is 82.6 Å². The second-order valence-corrected chi connectivity index (χ2v) is 11.5. The zero-order valence-electron chi connectivity index (χ0n) is 20.5. The van der Waals surface area contributed by atoms with Crippen LogP contribution in [0, 0.1) is 0 Å². The summed E-state index contributed by atoms with van der Waals surface area (Å²) in [5.74, 6) is 0.792. The molecule has 0 unspecified atom stereocenters. The van der Waals surface area contributed by atoms with Gasteiger partial charge in [-0.3, -0.25) is 14.6 Å². The van der Waals surface area contributed by atoms with Crippen molar-refractivity contribution in [1.82, 2.24) is 19.0 Å². The van der Waals surface area contributed by atoms with E-state index in [4.69, 9.17) is 9.47 Å². The summed E-state index contributed by atoms with van der Waals surface area (Å²) in [5.41, 5.74) is 0.132. The summed E-state index contributed by atoms with van der Waals surface area (Å²) in [4.78, 5) is 19.5. The summed E-state index contributed by atoms with van der Waals surface area (Å²) in [7, 11) is -0.825. The van der Waals surface area contributed by atoms with Gasteiger partial charge in [-0.2, -0.15) is 4.31 Å². The molecule has 0 radical (unpaired) electrons. The van der Waals surface area contributed by atoms with Gasteiger partial charge in [0.15, 0.2) is 0 Å². The molecular weight excluding hydrogens is 444 g/mol. The lowest BCUT2D eigenvalue weighted by Crippen LogP contribution is -2.52. The number of hydrogen-bond acceptors (Lipinski definition) is 7. The Kier molecular flexibility index (Phi) is 8.26. The fourth-order valence-electron chi connectivity index (χ4n) is 4.39. The molecule has 0 aliphatic carbocycles. The number of sulfonamides is 1. The van der Waals surface area contributed by atoms with E-state index >= 15 is 0 Å². The number of piperazine rings is 1. The zero-order chi connectivity index (χ0) is 24.2. The van der Waals surface area contributed by atoms with Crippen LogP contribution in [0.1, 0.15) is 27.2 Å². The van der Waals surface area contributed by atoms with Crippen LogP contribution >= 0.6 is 0 Å². The molecule has 9 nitrogen and oxygen atoms in total. The summed E-state index contributed by atoms with van der Waals surface area (Å²) in [6, 6.07) is 4.73. The number of amides is 1. The van der Waals surface area contributed by atoms with Gasteiger partial charge in [0.2, 0.25) is 15.9 Å². The molecular formula is C23H38N4O5S. The average molecular weight is 483 g/mol. The highest BCUT2D eigenvalue weighted by molar-refractivity contribution is 7.89. The van der Waals surface area contributed by atoms with E-state index in [0.29, 0.717) is 25.4 Å². The molecule has 1 aromatic rings. The van der Waals surface area contributed by atoms with E-state index in [9.17, 15) is 13.2 Å². The minimum Gasteiger partial charge on any atom is -0.497 e. The van der Waals surface area contributed by atoms with E-state index in [1.165, 1.54) is 24.6 Å². The molecule has 2 saturated heterocycles. The smallest absolute Gasteiger partial charge is 0.247 e. The first-order chi connectivity index (χ1) is 15.6. The van der Waals surface area contributed by atoms with Gasteiger partial charge in [0.05, 0.1) is 20.8 Å². The molecule has 0 saturated carbocycles. The lowest BCUT2D eigenvalue weighted by molar-refractivity contribution is -0.133. The van der Waals surface area contributed by atoms with E-state index in [1.54, 1.807) is 17.0 Å². The quantitative estimate of drug-likeness (QED) is 0.605. The van der Waals surface area contributed by atoms with Gasteiger partial charge in [-0.1, -0.05) is 0 Å². The third kappa shape index (κ3) is 6.17. The average Bonchev–Trinajstić information content (AvgIpc) is 3.04. The SMILES string of the molecule is COc1ccc(OC)c(S(=O)(=O)N2CCN(C(=O)CN3CCCN(C(C)(C)C)CC3)CC2)c1. The Morgan fingerprint density at radius 2 is 1.64 bits per heavy atom. The first-order valence-electron chi connectivity index (χ1n) is 11.5. The van der Waals surface area contributed by atoms with Gasteiger partial charge in [-0.05, 0) is 52.4 Å². The first-order valence-corrected chi connectivity index (χ1v) is 13.0. The Labute approximate surface area is 198 Å². The van der Waals surface area contributed by atoms with Gasteiger partial charge >= 0.3 is 0 Å². The van der Waals surface area contributed by atoms with Crippen LogP contribution < -0.4 is 9.47 Å². The summed E-state index contributed by atoms with van der Waals surface area (Å²) < 4.78 is 38.4. The van der Waals surface area contributed by atoms with E-state index < -0.39 is 10.0 Å². The van der Waals surface area contributed by atoms with Crippen LogP contribution in [0.15, 0.2) is 23.1 Å². The number of carbonyl (C=O) groups excluding carboxylic acids is 1. The molecule has 2 aliphatic rings. The maximum atomic E-state index is 13.3. The summed E-state index contributed by atoms with van der Waals surface area (Å²) in [6.07, 6.45) is 1.04. The molecule has 1 amide bonds. The number of carbonyl (C=O) groups is 1. The van der Waals surface area contributed by atoms with Gasteiger partial charge in [-0.15, -0.1) is 0 Å². The van der Waals surface area contributed by atoms with Crippen LogP contribution in [0.3, 0.4) is 0 Å². The third-order valence-electron chi connectivity index (χ3n) is 6.48. The van der Waals surface area contributed by atoms with Crippen molar-refractivity contribution in [3.05, 3.63) is 18.2 Å². The zero-order valence-corrected chi connectivity index (χ0v) is 21.4. The lowest BCUT2D eigenvalue weighted by Gasteiger charge is -2.35. The Morgan fingerprint density at radius 1 is 0.939 bits per heavy atom. The van der Waals surface area contributed by atoms with Crippen molar-refractivity contribution < 1.29 is 22.7 Å². The monoisotopic (exact) mass is 482 g/mol. The number of benzene rings is 1. The predicted molar refractivity (Wildman–Crippen MR) is 127 cm³/mol. The minimum absolute atomic E-state index is 0.0650. The normalized spacial score (nSPS) is 19.8. The summed E-state index contributed by atoms with van der Waals surface area (Å²) in [6.45, 7) is 12.1. The van der Waals surface area contributed by atoms with Crippen molar-refractivity contribution >= 4 is 15.9 Å². The van der Waals surface area contributed by atoms with Crippen LogP contribution in [-0.4, -0.2) is 112 Å². The molecule has 0 atom stereocenters. The van der Waals surface area contributed by atoms with Crippen LogP contribution in [0.2, 0.25) is 0 Å². The molecule has 0 aromatic heterocycles. The molecule has 0 bridgehead atoms. The highest BCUT2D eigenvalue weighted by atomic mass is 32.2. The first kappa shape index (κ1) is 25.7. The summed E-state index contributed by atoms with van der Waals surface area (Å²) in [5, 5.41) is 0. The highest BCUT2D eigenvalue weighted by Crippen LogP contribution is 2.31. The number of ether oxygens (including phenoxy) is 2. The van der Waals surface area contributed by atoms with Crippen molar-refractivity contribution in [2.24, 2.45) is 0 Å². The van der Waals surface area contributed by atoms with E-state index in [1.807, 2.05) is 0 Å². The highest BCUT2D eigenvalue weighted by Gasteiger charge is 2.33. The van der Waals surface area contributed by atoms with Crippen LogP contribution in [0.25, 0.3) is 0 Å². The van der Waals surface area contributed by atoms with Crippen LogP contribution in [0.4, 0.5) is 0 Å². The predicted octanol–water partition coefficient (Wildman–Crippen LogP) is 1.34. The molecule has 186 valence electrons. The van der Waals surface area contributed by atoms with Crippen LogP contribution in [-0.2, 0) is 14.8 Å². The summed E-state index contributed by atoms with van der Waals surface area (Å²) >= 11 is 0. The molecule has 33 heavy (non-hydrogen) atoms. The maximum absolute atomic E-state index is 13.3. The number of nitrogens with zero attached hydrogens (tertiary/aromatic N) is 4. The molecule has 2 aliphatic heterocycles. The van der Waals surface area contributed by atoms with E-state index in [0.717, 1.165) is 32.6 Å². The van der Waals surface area contributed by atoms with Crippen molar-refractivity contribution in [2.75, 3.05) is 73.1 Å².